The lowest BCUT2D eigenvalue weighted by molar-refractivity contribution is -0.142. The zero-order chi connectivity index (χ0) is 16.3. The SMILES string of the molecule is CC(=O)OCCOCCOCCOCCOCCOCCI. The average Bonchev–Trinajstić information content (AvgIpc) is 2.50. The molecule has 0 heterocycles. The molecular formula is C14H27IO7. The summed E-state index contributed by atoms with van der Waals surface area (Å²) >= 11 is 2.27. The third-order valence-electron chi connectivity index (χ3n) is 2.24. The van der Waals surface area contributed by atoms with Gasteiger partial charge in [0.1, 0.15) is 6.61 Å². The molecule has 0 aliphatic rings. The summed E-state index contributed by atoms with van der Waals surface area (Å²) in [5.41, 5.74) is 0. The third-order valence-corrected chi connectivity index (χ3v) is 2.68. The topological polar surface area (TPSA) is 72.5 Å². The molecule has 0 aromatic carbocycles. The van der Waals surface area contributed by atoms with Crippen LogP contribution in [0.3, 0.4) is 0 Å². The van der Waals surface area contributed by atoms with Gasteiger partial charge in [-0.15, -0.1) is 0 Å². The van der Waals surface area contributed by atoms with E-state index in [-0.39, 0.29) is 12.6 Å². The summed E-state index contributed by atoms with van der Waals surface area (Å²) in [7, 11) is 0. The van der Waals surface area contributed by atoms with Gasteiger partial charge in [-0.1, -0.05) is 22.6 Å². The second kappa shape index (κ2) is 19.0. The molecule has 0 aromatic heterocycles. The molecule has 7 nitrogen and oxygen atoms in total. The molecule has 22 heavy (non-hydrogen) atoms. The molecule has 8 heteroatoms. The van der Waals surface area contributed by atoms with Gasteiger partial charge in [-0.25, -0.2) is 0 Å². The van der Waals surface area contributed by atoms with E-state index >= 15 is 0 Å². The highest BCUT2D eigenvalue weighted by molar-refractivity contribution is 14.1. The Balaban J connectivity index is 2.95. The van der Waals surface area contributed by atoms with Crippen molar-refractivity contribution >= 4 is 28.6 Å². The maximum absolute atomic E-state index is 10.5. The largest absolute Gasteiger partial charge is 0.463 e. The van der Waals surface area contributed by atoms with Gasteiger partial charge in [-0.2, -0.15) is 0 Å². The molecule has 0 saturated heterocycles. The maximum atomic E-state index is 10.5. The fourth-order valence-electron chi connectivity index (χ4n) is 1.28. The van der Waals surface area contributed by atoms with Gasteiger partial charge in [0, 0.05) is 11.4 Å². The molecule has 0 aliphatic carbocycles. The lowest BCUT2D eigenvalue weighted by Gasteiger charge is -2.07. The van der Waals surface area contributed by atoms with Crippen molar-refractivity contribution in [2.75, 3.05) is 77.1 Å². The van der Waals surface area contributed by atoms with Crippen LogP contribution in [0.15, 0.2) is 0 Å². The number of ether oxygens (including phenoxy) is 6. The summed E-state index contributed by atoms with van der Waals surface area (Å²) in [6.45, 7) is 7.16. The second-order valence-electron chi connectivity index (χ2n) is 4.09. The number of rotatable bonds is 17. The molecule has 0 N–H and O–H groups in total. The van der Waals surface area contributed by atoms with Gasteiger partial charge in [0.05, 0.1) is 66.1 Å². The fraction of sp³-hybridized carbons (Fsp3) is 0.929. The lowest BCUT2D eigenvalue weighted by atomic mass is 10.7. The van der Waals surface area contributed by atoms with E-state index < -0.39 is 0 Å². The number of halogens is 1. The van der Waals surface area contributed by atoms with Gasteiger partial charge in [-0.3, -0.25) is 4.79 Å². The average molecular weight is 434 g/mol. The third kappa shape index (κ3) is 20.0. The van der Waals surface area contributed by atoms with Crippen LogP contribution in [-0.2, 0) is 33.2 Å². The minimum absolute atomic E-state index is 0.279. The van der Waals surface area contributed by atoms with Gasteiger partial charge in [0.15, 0.2) is 0 Å². The number of carbonyl (C=O) groups is 1. The minimum atomic E-state index is -0.297. The summed E-state index contributed by atoms with van der Waals surface area (Å²) in [6.07, 6.45) is 0. The first kappa shape index (κ1) is 22.0. The standard InChI is InChI=1S/C14H27IO7/c1-14(16)22-13-12-21-11-10-20-9-8-19-7-6-18-5-4-17-3-2-15/h2-13H2,1H3. The highest BCUT2D eigenvalue weighted by atomic mass is 127. The highest BCUT2D eigenvalue weighted by Crippen LogP contribution is 1.86. The Hall–Kier alpha value is -0.000000000000000222. The number of carbonyl (C=O) groups excluding carboxylic acids is 1. The minimum Gasteiger partial charge on any atom is -0.463 e. The Morgan fingerprint density at radius 1 is 0.636 bits per heavy atom. The number of esters is 1. The van der Waals surface area contributed by atoms with Crippen molar-refractivity contribution < 1.29 is 33.2 Å². The Bertz CT molecular complexity index is 241. The fourth-order valence-corrected chi connectivity index (χ4v) is 1.59. The van der Waals surface area contributed by atoms with E-state index in [4.69, 9.17) is 28.4 Å². The van der Waals surface area contributed by atoms with Gasteiger partial charge < -0.3 is 28.4 Å². The van der Waals surface area contributed by atoms with Crippen LogP contribution in [0.4, 0.5) is 0 Å². The number of hydrogen-bond donors (Lipinski definition) is 0. The number of alkyl halides is 1. The predicted octanol–water partition coefficient (Wildman–Crippen LogP) is 1.07. The molecule has 0 bridgehead atoms. The van der Waals surface area contributed by atoms with E-state index in [2.05, 4.69) is 22.6 Å². The summed E-state index contributed by atoms with van der Waals surface area (Å²) in [5.74, 6) is -0.297. The molecule has 0 saturated carbocycles. The van der Waals surface area contributed by atoms with Crippen molar-refractivity contribution in [1.29, 1.82) is 0 Å². The Kier molecular flexibility index (Phi) is 19.0. The van der Waals surface area contributed by atoms with Crippen molar-refractivity contribution in [2.24, 2.45) is 0 Å². The van der Waals surface area contributed by atoms with Crippen LogP contribution in [-0.4, -0.2) is 83.1 Å². The quantitative estimate of drug-likeness (QED) is 0.147. The first-order chi connectivity index (χ1) is 10.8. The summed E-state index contributed by atoms with van der Waals surface area (Å²) in [4.78, 5) is 10.5. The first-order valence-electron chi connectivity index (χ1n) is 7.35. The highest BCUT2D eigenvalue weighted by Gasteiger charge is 1.94. The summed E-state index contributed by atoms with van der Waals surface area (Å²) < 4.78 is 32.2. The first-order valence-corrected chi connectivity index (χ1v) is 8.88. The molecule has 0 radical (unpaired) electrons. The van der Waals surface area contributed by atoms with Gasteiger partial charge in [0.25, 0.3) is 0 Å². The number of hydrogen-bond acceptors (Lipinski definition) is 7. The van der Waals surface area contributed by atoms with E-state index in [0.717, 1.165) is 11.0 Å². The lowest BCUT2D eigenvalue weighted by Crippen LogP contribution is -2.14. The molecular weight excluding hydrogens is 407 g/mol. The van der Waals surface area contributed by atoms with E-state index in [0.29, 0.717) is 59.5 Å². The maximum Gasteiger partial charge on any atom is 0.302 e. The molecule has 0 aromatic rings. The summed E-state index contributed by atoms with van der Waals surface area (Å²) in [5, 5.41) is 0. The van der Waals surface area contributed by atoms with E-state index in [9.17, 15) is 4.79 Å². The van der Waals surface area contributed by atoms with E-state index in [1.54, 1.807) is 0 Å². The molecule has 0 atom stereocenters. The van der Waals surface area contributed by atoms with Crippen LogP contribution < -0.4 is 0 Å². The van der Waals surface area contributed by atoms with Crippen molar-refractivity contribution in [1.82, 2.24) is 0 Å². The van der Waals surface area contributed by atoms with Crippen LogP contribution in [0, 0.1) is 0 Å². The van der Waals surface area contributed by atoms with Crippen LogP contribution in [0.5, 0.6) is 0 Å². The van der Waals surface area contributed by atoms with Crippen molar-refractivity contribution in [3.63, 3.8) is 0 Å². The molecule has 0 spiro atoms. The molecule has 0 rings (SSSR count). The summed E-state index contributed by atoms with van der Waals surface area (Å²) in [6, 6.07) is 0. The second-order valence-corrected chi connectivity index (χ2v) is 5.17. The van der Waals surface area contributed by atoms with E-state index in [1.807, 2.05) is 0 Å². The van der Waals surface area contributed by atoms with Crippen molar-refractivity contribution in [3.05, 3.63) is 0 Å². The van der Waals surface area contributed by atoms with Crippen molar-refractivity contribution in [3.8, 4) is 0 Å². The Morgan fingerprint density at radius 2 is 0.955 bits per heavy atom. The van der Waals surface area contributed by atoms with Gasteiger partial charge in [-0.05, 0) is 0 Å². The molecule has 132 valence electrons. The van der Waals surface area contributed by atoms with Gasteiger partial charge in [0.2, 0.25) is 0 Å². The molecule has 0 aliphatic heterocycles. The molecule has 0 fully saturated rings. The molecule has 0 amide bonds. The normalized spacial score (nSPS) is 10.8. The predicted molar refractivity (Wildman–Crippen MR) is 89.6 cm³/mol. The Morgan fingerprint density at radius 3 is 1.27 bits per heavy atom. The van der Waals surface area contributed by atoms with Crippen LogP contribution >= 0.6 is 22.6 Å². The van der Waals surface area contributed by atoms with Crippen LogP contribution in [0.1, 0.15) is 6.92 Å². The zero-order valence-corrected chi connectivity index (χ0v) is 15.4. The zero-order valence-electron chi connectivity index (χ0n) is 13.2. The van der Waals surface area contributed by atoms with Crippen molar-refractivity contribution in [2.45, 2.75) is 6.92 Å². The Labute approximate surface area is 146 Å². The molecule has 0 unspecified atom stereocenters. The van der Waals surface area contributed by atoms with Crippen LogP contribution in [0.2, 0.25) is 0 Å². The monoisotopic (exact) mass is 434 g/mol. The van der Waals surface area contributed by atoms with Gasteiger partial charge >= 0.3 is 5.97 Å². The smallest absolute Gasteiger partial charge is 0.302 e. The van der Waals surface area contributed by atoms with E-state index in [1.165, 1.54) is 6.92 Å². The van der Waals surface area contributed by atoms with Crippen LogP contribution in [0.25, 0.3) is 0 Å².